The maximum atomic E-state index is 4.82. The second kappa shape index (κ2) is 9.33. The molecule has 0 radical (unpaired) electrons. The van der Waals surface area contributed by atoms with Gasteiger partial charge in [0.05, 0.1) is 5.69 Å². The van der Waals surface area contributed by atoms with Crippen LogP contribution < -0.4 is 10.2 Å². The van der Waals surface area contributed by atoms with E-state index in [9.17, 15) is 0 Å². The van der Waals surface area contributed by atoms with Crippen molar-refractivity contribution in [3.63, 3.8) is 0 Å². The maximum Gasteiger partial charge on any atom is 0.159 e. The van der Waals surface area contributed by atoms with Gasteiger partial charge in [-0.1, -0.05) is 105 Å². The predicted molar refractivity (Wildman–Crippen MR) is 152 cm³/mol. The van der Waals surface area contributed by atoms with Crippen LogP contribution in [0, 0.1) is 0 Å². The molecular formula is C30H21Br2N3. The Bertz CT molecular complexity index is 1470. The highest BCUT2D eigenvalue weighted by molar-refractivity contribution is 9.11. The van der Waals surface area contributed by atoms with Crippen molar-refractivity contribution >= 4 is 49.1 Å². The Kier molecular flexibility index (Phi) is 5.88. The summed E-state index contributed by atoms with van der Waals surface area (Å²) >= 11 is 7.20. The van der Waals surface area contributed by atoms with Crippen molar-refractivity contribution in [1.82, 2.24) is 4.98 Å². The van der Waals surface area contributed by atoms with Gasteiger partial charge in [-0.25, -0.2) is 4.98 Å². The molecule has 0 saturated heterocycles. The highest BCUT2D eigenvalue weighted by Gasteiger charge is 2.34. The van der Waals surface area contributed by atoms with Gasteiger partial charge in [-0.15, -0.1) is 0 Å². The largest absolute Gasteiger partial charge is 0.358 e. The van der Waals surface area contributed by atoms with Crippen molar-refractivity contribution in [3.8, 4) is 22.3 Å². The molecule has 1 atom stereocenters. The van der Waals surface area contributed by atoms with Gasteiger partial charge in [0.15, 0.2) is 5.82 Å². The van der Waals surface area contributed by atoms with E-state index in [1.54, 1.807) is 0 Å². The number of nitrogens with one attached hydrogen (secondary N) is 1. The number of anilines is 3. The highest BCUT2D eigenvalue weighted by Crippen LogP contribution is 2.48. The molecule has 0 spiro atoms. The molecule has 0 saturated carbocycles. The van der Waals surface area contributed by atoms with Crippen molar-refractivity contribution in [2.75, 3.05) is 10.2 Å². The number of aromatic nitrogens is 1. The third-order valence-electron chi connectivity index (χ3n) is 6.24. The van der Waals surface area contributed by atoms with Gasteiger partial charge in [0.2, 0.25) is 0 Å². The highest BCUT2D eigenvalue weighted by atomic mass is 79.9. The van der Waals surface area contributed by atoms with E-state index in [0.717, 1.165) is 37.3 Å². The predicted octanol–water partition coefficient (Wildman–Crippen LogP) is 9.20. The molecule has 1 unspecified atom stereocenters. The summed E-state index contributed by atoms with van der Waals surface area (Å²) in [6.07, 6.45) is 1.82. The SMILES string of the molecule is Brc1cc(Br)cc(-c2ccc(C3Nc4c(-c5ccccc5)ccnc4N3c3ccccc3)cc2)c1. The number of para-hydroxylation sites is 1. The van der Waals surface area contributed by atoms with Gasteiger partial charge in [0.1, 0.15) is 6.17 Å². The lowest BCUT2D eigenvalue weighted by molar-refractivity contribution is 0.820. The lowest BCUT2D eigenvalue weighted by Gasteiger charge is -2.26. The van der Waals surface area contributed by atoms with Gasteiger partial charge >= 0.3 is 0 Å². The molecule has 5 aromatic rings. The van der Waals surface area contributed by atoms with Crippen molar-refractivity contribution in [2.45, 2.75) is 6.17 Å². The Morgan fingerprint density at radius 1 is 0.657 bits per heavy atom. The first-order chi connectivity index (χ1) is 17.2. The van der Waals surface area contributed by atoms with Crippen LogP contribution in [0.25, 0.3) is 22.3 Å². The van der Waals surface area contributed by atoms with Crippen LogP contribution in [0.4, 0.5) is 17.2 Å². The van der Waals surface area contributed by atoms with Crippen molar-refractivity contribution in [1.29, 1.82) is 0 Å². The van der Waals surface area contributed by atoms with E-state index in [4.69, 9.17) is 4.98 Å². The molecule has 0 aliphatic carbocycles. The van der Waals surface area contributed by atoms with Gasteiger partial charge in [-0.3, -0.25) is 4.90 Å². The molecule has 3 nitrogen and oxygen atoms in total. The van der Waals surface area contributed by atoms with Crippen LogP contribution in [-0.2, 0) is 0 Å². The second-order valence-electron chi connectivity index (χ2n) is 8.46. The van der Waals surface area contributed by atoms with Crippen LogP contribution >= 0.6 is 31.9 Å². The van der Waals surface area contributed by atoms with Crippen molar-refractivity contribution in [2.24, 2.45) is 0 Å². The number of hydrogen-bond donors (Lipinski definition) is 1. The molecule has 1 aliphatic heterocycles. The molecule has 1 N–H and O–H groups in total. The van der Waals surface area contributed by atoms with Gasteiger partial charge in [-0.2, -0.15) is 0 Å². The van der Waals surface area contributed by atoms with Gasteiger partial charge in [-0.05, 0) is 58.7 Å². The number of halogens is 2. The summed E-state index contributed by atoms with van der Waals surface area (Å²) < 4.78 is 2.10. The minimum Gasteiger partial charge on any atom is -0.358 e. The van der Waals surface area contributed by atoms with Crippen LogP contribution in [0.3, 0.4) is 0 Å². The molecule has 1 aliphatic rings. The van der Waals surface area contributed by atoms with E-state index >= 15 is 0 Å². The Morgan fingerprint density at radius 3 is 2.00 bits per heavy atom. The summed E-state index contributed by atoms with van der Waals surface area (Å²) in [5, 5.41) is 3.79. The Morgan fingerprint density at radius 2 is 1.31 bits per heavy atom. The van der Waals surface area contributed by atoms with Crippen LogP contribution in [0.5, 0.6) is 0 Å². The molecule has 0 amide bonds. The molecule has 0 bridgehead atoms. The number of pyridine rings is 1. The number of nitrogens with zero attached hydrogens (tertiary/aromatic N) is 2. The molecule has 0 fully saturated rings. The average Bonchev–Trinajstić information content (AvgIpc) is 3.29. The van der Waals surface area contributed by atoms with E-state index in [2.05, 4.69) is 133 Å². The third-order valence-corrected chi connectivity index (χ3v) is 7.16. The Hall–Kier alpha value is -3.41. The van der Waals surface area contributed by atoms with Gasteiger partial charge in [0, 0.05) is 26.4 Å². The molecular weight excluding hydrogens is 562 g/mol. The number of fused-ring (bicyclic) bond motifs is 1. The first-order valence-corrected chi connectivity index (χ1v) is 13.0. The minimum atomic E-state index is -0.0759. The summed E-state index contributed by atoms with van der Waals surface area (Å²) in [7, 11) is 0. The lowest BCUT2D eigenvalue weighted by Crippen LogP contribution is -2.23. The minimum absolute atomic E-state index is 0.0759. The molecule has 4 aromatic carbocycles. The molecule has 170 valence electrons. The van der Waals surface area contributed by atoms with E-state index < -0.39 is 0 Å². The first kappa shape index (κ1) is 22.1. The van der Waals surface area contributed by atoms with Crippen molar-refractivity contribution in [3.05, 3.63) is 130 Å². The van der Waals surface area contributed by atoms with Crippen LogP contribution in [0.2, 0.25) is 0 Å². The molecule has 6 rings (SSSR count). The summed E-state index contributed by atoms with van der Waals surface area (Å²) in [5.74, 6) is 0.933. The summed E-state index contributed by atoms with van der Waals surface area (Å²) in [6, 6.07) is 38.1. The zero-order valence-electron chi connectivity index (χ0n) is 18.7. The average molecular weight is 583 g/mol. The van der Waals surface area contributed by atoms with Crippen molar-refractivity contribution < 1.29 is 0 Å². The smallest absolute Gasteiger partial charge is 0.159 e. The number of benzene rings is 4. The first-order valence-electron chi connectivity index (χ1n) is 11.4. The van der Waals surface area contributed by atoms with E-state index in [0.29, 0.717) is 0 Å². The third kappa shape index (κ3) is 4.26. The fraction of sp³-hybridized carbons (Fsp3) is 0.0333. The van der Waals surface area contributed by atoms with E-state index in [1.165, 1.54) is 16.7 Å². The lowest BCUT2D eigenvalue weighted by atomic mass is 10.0. The Labute approximate surface area is 221 Å². The standard InChI is InChI=1S/C30H21Br2N3/c31-24-17-23(18-25(32)19-24)20-11-13-22(14-12-20)29-34-28-27(21-7-3-1-4-8-21)15-16-33-30(28)35(29)26-9-5-2-6-10-26/h1-19,29,34H. The summed E-state index contributed by atoms with van der Waals surface area (Å²) in [6.45, 7) is 0. The molecule has 5 heteroatoms. The second-order valence-corrected chi connectivity index (χ2v) is 10.3. The van der Waals surface area contributed by atoms with Crippen LogP contribution in [-0.4, -0.2) is 4.98 Å². The molecule has 1 aromatic heterocycles. The van der Waals surface area contributed by atoms with Crippen LogP contribution in [0.15, 0.2) is 124 Å². The fourth-order valence-electron chi connectivity index (χ4n) is 4.63. The molecule has 2 heterocycles. The zero-order chi connectivity index (χ0) is 23.8. The Balaban J connectivity index is 1.43. The number of hydrogen-bond acceptors (Lipinski definition) is 3. The summed E-state index contributed by atoms with van der Waals surface area (Å²) in [4.78, 5) is 7.10. The van der Waals surface area contributed by atoms with Gasteiger partial charge < -0.3 is 5.32 Å². The maximum absolute atomic E-state index is 4.82. The normalized spacial score (nSPS) is 14.5. The van der Waals surface area contributed by atoms with E-state index in [1.807, 2.05) is 24.4 Å². The zero-order valence-corrected chi connectivity index (χ0v) is 21.9. The van der Waals surface area contributed by atoms with E-state index in [-0.39, 0.29) is 6.17 Å². The monoisotopic (exact) mass is 581 g/mol. The fourth-order valence-corrected chi connectivity index (χ4v) is 5.92. The topological polar surface area (TPSA) is 28.2 Å². The summed E-state index contributed by atoms with van der Waals surface area (Å²) in [5.41, 5.74) is 7.96. The molecule has 35 heavy (non-hydrogen) atoms. The quantitative estimate of drug-likeness (QED) is 0.229. The number of rotatable bonds is 4. The van der Waals surface area contributed by atoms with Gasteiger partial charge in [0.25, 0.3) is 0 Å². The van der Waals surface area contributed by atoms with Crippen LogP contribution in [0.1, 0.15) is 11.7 Å².